The van der Waals surface area contributed by atoms with Gasteiger partial charge in [0.1, 0.15) is 0 Å². The molecule has 0 radical (unpaired) electrons. The molecule has 0 fully saturated rings. The first-order valence-corrected chi connectivity index (χ1v) is 9.85. The van der Waals surface area contributed by atoms with Crippen LogP contribution in [0.25, 0.3) is 28.7 Å². The molecule has 4 aromatic rings. The Morgan fingerprint density at radius 1 is 0.971 bits per heavy atom. The smallest absolute Gasteiger partial charge is 0.328 e. The molecule has 10 heteroatoms. The van der Waals surface area contributed by atoms with Crippen LogP contribution in [-0.4, -0.2) is 30.8 Å². The van der Waals surface area contributed by atoms with E-state index in [0.717, 1.165) is 22.9 Å². The van der Waals surface area contributed by atoms with E-state index in [2.05, 4.69) is 15.1 Å². The molecule has 0 spiro atoms. The van der Waals surface area contributed by atoms with Crippen molar-refractivity contribution in [1.29, 1.82) is 0 Å². The van der Waals surface area contributed by atoms with Gasteiger partial charge in [-0.3, -0.25) is 4.79 Å². The van der Waals surface area contributed by atoms with E-state index in [1.165, 1.54) is 30.6 Å². The van der Waals surface area contributed by atoms with Gasteiger partial charge in [0.15, 0.2) is 23.3 Å². The minimum atomic E-state index is -1.58. The Morgan fingerprint density at radius 3 is 2.35 bits per heavy atom. The van der Waals surface area contributed by atoms with Crippen molar-refractivity contribution >= 4 is 12.0 Å². The van der Waals surface area contributed by atoms with E-state index in [-0.39, 0.29) is 17.8 Å². The van der Waals surface area contributed by atoms with Crippen LogP contribution in [0.4, 0.5) is 13.2 Å². The van der Waals surface area contributed by atoms with Gasteiger partial charge in [-0.25, -0.2) is 32.6 Å². The van der Waals surface area contributed by atoms with Crippen LogP contribution in [0.15, 0.2) is 71.8 Å². The molecule has 0 amide bonds. The summed E-state index contributed by atoms with van der Waals surface area (Å²) in [5.41, 5.74) is 1.50. The number of rotatable bonds is 6. The highest BCUT2D eigenvalue weighted by Gasteiger charge is 2.13. The second-order valence-corrected chi connectivity index (χ2v) is 7.18. The van der Waals surface area contributed by atoms with Gasteiger partial charge in [-0.15, -0.1) is 0 Å². The predicted octanol–water partition coefficient (Wildman–Crippen LogP) is 3.93. The standard InChI is InChI=1S/C24H15F3N4O3/c25-18-9-17(10-19(26)23(18)27)20-5-6-21(32)31(30-20)13-14-2-1-3-16(8-14)24-28-11-15(12-29-24)4-7-22(33)34/h1-12H,13H2,(H,33,34)/b7-4+. The highest BCUT2D eigenvalue weighted by atomic mass is 19.2. The molecular formula is C24H15F3N4O3. The monoisotopic (exact) mass is 464 g/mol. The number of aliphatic carboxylic acids is 1. The Hall–Kier alpha value is -4.60. The van der Waals surface area contributed by atoms with Gasteiger partial charge < -0.3 is 5.11 Å². The predicted molar refractivity (Wildman–Crippen MR) is 117 cm³/mol. The molecule has 0 saturated carbocycles. The molecule has 4 rings (SSSR count). The van der Waals surface area contributed by atoms with Crippen molar-refractivity contribution in [1.82, 2.24) is 19.7 Å². The van der Waals surface area contributed by atoms with Crippen molar-refractivity contribution in [3.63, 3.8) is 0 Å². The van der Waals surface area contributed by atoms with Gasteiger partial charge in [-0.1, -0.05) is 18.2 Å². The lowest BCUT2D eigenvalue weighted by Gasteiger charge is -2.09. The minimum absolute atomic E-state index is 0.00987. The molecule has 34 heavy (non-hydrogen) atoms. The van der Waals surface area contributed by atoms with E-state index < -0.39 is 29.0 Å². The molecular weight excluding hydrogens is 449 g/mol. The number of carboxylic acid groups (broad SMARTS) is 1. The van der Waals surface area contributed by atoms with Crippen molar-refractivity contribution in [3.05, 3.63) is 106 Å². The molecule has 0 unspecified atom stereocenters. The normalized spacial score (nSPS) is 11.1. The van der Waals surface area contributed by atoms with Crippen molar-refractivity contribution in [3.8, 4) is 22.6 Å². The lowest BCUT2D eigenvalue weighted by molar-refractivity contribution is -0.131. The van der Waals surface area contributed by atoms with Crippen LogP contribution in [0.3, 0.4) is 0 Å². The van der Waals surface area contributed by atoms with E-state index in [1.54, 1.807) is 24.3 Å². The van der Waals surface area contributed by atoms with E-state index in [1.807, 2.05) is 0 Å². The summed E-state index contributed by atoms with van der Waals surface area (Å²) in [6.07, 6.45) is 5.30. The molecule has 2 heterocycles. The third kappa shape index (κ3) is 5.07. The average molecular weight is 464 g/mol. The summed E-state index contributed by atoms with van der Waals surface area (Å²) in [6, 6.07) is 11.1. The van der Waals surface area contributed by atoms with Crippen LogP contribution in [0, 0.1) is 17.5 Å². The van der Waals surface area contributed by atoms with E-state index in [9.17, 15) is 22.8 Å². The van der Waals surface area contributed by atoms with Crippen LogP contribution in [0.5, 0.6) is 0 Å². The number of benzene rings is 2. The van der Waals surface area contributed by atoms with Gasteiger partial charge in [0, 0.05) is 41.2 Å². The summed E-state index contributed by atoms with van der Waals surface area (Å²) in [7, 11) is 0. The number of aromatic nitrogens is 4. The maximum absolute atomic E-state index is 13.6. The number of carbonyl (C=O) groups is 1. The largest absolute Gasteiger partial charge is 0.478 e. The highest BCUT2D eigenvalue weighted by molar-refractivity contribution is 5.85. The third-order valence-corrected chi connectivity index (χ3v) is 4.75. The van der Waals surface area contributed by atoms with Gasteiger partial charge in [0.25, 0.3) is 5.56 Å². The lowest BCUT2D eigenvalue weighted by atomic mass is 10.1. The van der Waals surface area contributed by atoms with Crippen molar-refractivity contribution in [2.75, 3.05) is 0 Å². The summed E-state index contributed by atoms with van der Waals surface area (Å²) in [5, 5.41) is 12.9. The Kier molecular flexibility index (Phi) is 6.30. The van der Waals surface area contributed by atoms with Gasteiger partial charge in [0.2, 0.25) is 0 Å². The van der Waals surface area contributed by atoms with Crippen LogP contribution in [-0.2, 0) is 11.3 Å². The molecule has 0 aliphatic carbocycles. The highest BCUT2D eigenvalue weighted by Crippen LogP contribution is 2.22. The van der Waals surface area contributed by atoms with E-state index in [0.29, 0.717) is 22.5 Å². The van der Waals surface area contributed by atoms with E-state index >= 15 is 0 Å². The van der Waals surface area contributed by atoms with Crippen LogP contribution < -0.4 is 5.56 Å². The number of halogens is 3. The fraction of sp³-hybridized carbons (Fsp3) is 0.0417. The maximum Gasteiger partial charge on any atom is 0.328 e. The Morgan fingerprint density at radius 2 is 1.68 bits per heavy atom. The van der Waals surface area contributed by atoms with Gasteiger partial charge in [0.05, 0.1) is 12.2 Å². The zero-order valence-corrected chi connectivity index (χ0v) is 17.3. The van der Waals surface area contributed by atoms with Crippen molar-refractivity contribution in [2.45, 2.75) is 6.54 Å². The summed E-state index contributed by atoms with van der Waals surface area (Å²) in [4.78, 5) is 31.4. The first-order chi connectivity index (χ1) is 16.3. The first kappa shape index (κ1) is 22.6. The molecule has 0 aliphatic rings. The van der Waals surface area contributed by atoms with Crippen molar-refractivity contribution < 1.29 is 23.1 Å². The van der Waals surface area contributed by atoms with E-state index in [4.69, 9.17) is 5.11 Å². The number of carboxylic acids is 1. The van der Waals surface area contributed by atoms with Crippen LogP contribution in [0.2, 0.25) is 0 Å². The second-order valence-electron chi connectivity index (χ2n) is 7.18. The van der Waals surface area contributed by atoms with Gasteiger partial charge in [-0.2, -0.15) is 5.10 Å². The molecule has 0 bridgehead atoms. The second kappa shape index (κ2) is 9.49. The van der Waals surface area contributed by atoms with Gasteiger partial charge >= 0.3 is 5.97 Å². The summed E-state index contributed by atoms with van der Waals surface area (Å²) >= 11 is 0. The molecule has 2 aromatic carbocycles. The minimum Gasteiger partial charge on any atom is -0.478 e. The molecule has 7 nitrogen and oxygen atoms in total. The Balaban J connectivity index is 1.60. The molecule has 0 atom stereocenters. The number of hydrogen-bond donors (Lipinski definition) is 1. The average Bonchev–Trinajstić information content (AvgIpc) is 2.83. The Labute approximate surface area is 190 Å². The first-order valence-electron chi connectivity index (χ1n) is 9.85. The molecule has 170 valence electrons. The third-order valence-electron chi connectivity index (χ3n) is 4.75. The SMILES string of the molecule is O=C(O)/C=C/c1cnc(-c2cccc(Cn3nc(-c4cc(F)c(F)c(F)c4)ccc3=O)c2)nc1. The fourth-order valence-corrected chi connectivity index (χ4v) is 3.14. The van der Waals surface area contributed by atoms with Crippen LogP contribution >= 0.6 is 0 Å². The molecule has 1 N–H and O–H groups in total. The Bertz CT molecular complexity index is 1440. The molecule has 0 aliphatic heterocycles. The van der Waals surface area contributed by atoms with Gasteiger partial charge in [-0.05, 0) is 35.9 Å². The number of hydrogen-bond acceptors (Lipinski definition) is 5. The maximum atomic E-state index is 13.6. The lowest BCUT2D eigenvalue weighted by Crippen LogP contribution is -2.22. The van der Waals surface area contributed by atoms with Crippen LogP contribution in [0.1, 0.15) is 11.1 Å². The van der Waals surface area contributed by atoms with Crippen molar-refractivity contribution in [2.24, 2.45) is 0 Å². The topological polar surface area (TPSA) is 98.0 Å². The molecule has 2 aromatic heterocycles. The fourth-order valence-electron chi connectivity index (χ4n) is 3.14. The zero-order valence-electron chi connectivity index (χ0n) is 17.3. The number of nitrogens with zero attached hydrogens (tertiary/aromatic N) is 4. The summed E-state index contributed by atoms with van der Waals surface area (Å²) < 4.78 is 41.6. The zero-order chi connectivity index (χ0) is 24.2. The summed E-state index contributed by atoms with van der Waals surface area (Å²) in [5.74, 6) is -4.99. The quantitative estimate of drug-likeness (QED) is 0.343. The summed E-state index contributed by atoms with van der Waals surface area (Å²) in [6.45, 7) is 0.0477. The molecule has 0 saturated heterocycles.